The molecule has 0 N–H and O–H groups in total. The predicted octanol–water partition coefficient (Wildman–Crippen LogP) is 3.96. The van der Waals surface area contributed by atoms with Crippen molar-refractivity contribution >= 4 is 34.1 Å². The van der Waals surface area contributed by atoms with Crippen molar-refractivity contribution in [2.45, 2.75) is 6.18 Å². The normalized spacial score (nSPS) is 12.1. The molecule has 0 saturated carbocycles. The Hall–Kier alpha value is -1.07. The van der Waals surface area contributed by atoms with Crippen molar-refractivity contribution in [1.82, 2.24) is 9.97 Å². The molecule has 2 rings (SSSR count). The van der Waals surface area contributed by atoms with Crippen LogP contribution in [0.3, 0.4) is 0 Å². The molecule has 0 saturated heterocycles. The molecule has 0 amide bonds. The van der Waals surface area contributed by atoms with Crippen molar-refractivity contribution in [3.8, 4) is 0 Å². The van der Waals surface area contributed by atoms with E-state index in [1.54, 1.807) is 0 Å². The van der Waals surface area contributed by atoms with Gasteiger partial charge in [0.25, 0.3) is 0 Å². The molecule has 2 nitrogen and oxygen atoms in total. The molecule has 0 aliphatic rings. The third-order valence-corrected chi connectivity index (χ3v) is 2.42. The lowest BCUT2D eigenvalue weighted by Crippen LogP contribution is -2.06. The smallest absolute Gasteiger partial charge is 0.256 e. The molecule has 7 heteroatoms. The molecule has 0 unspecified atom stereocenters. The zero-order valence-corrected chi connectivity index (χ0v) is 9.03. The van der Waals surface area contributed by atoms with Crippen molar-refractivity contribution in [1.29, 1.82) is 0 Å². The Morgan fingerprint density at radius 2 is 1.88 bits per heavy atom. The molecular formula is C9H3Cl2F3N2. The summed E-state index contributed by atoms with van der Waals surface area (Å²) in [6.07, 6.45) is -3.45. The highest BCUT2D eigenvalue weighted by atomic mass is 35.5. The Bertz CT molecular complexity index is 554. The highest BCUT2D eigenvalue weighted by Gasteiger charge is 2.33. The largest absolute Gasteiger partial charge is 0.417 e. The fourth-order valence-corrected chi connectivity index (χ4v) is 1.86. The van der Waals surface area contributed by atoms with Crippen molar-refractivity contribution in [2.24, 2.45) is 0 Å². The van der Waals surface area contributed by atoms with Crippen molar-refractivity contribution in [2.75, 3.05) is 0 Å². The molecule has 2 aromatic rings. The minimum Gasteiger partial charge on any atom is -0.256 e. The summed E-state index contributed by atoms with van der Waals surface area (Å²) < 4.78 is 38.0. The minimum absolute atomic E-state index is 0.00400. The van der Waals surface area contributed by atoms with Gasteiger partial charge in [-0.05, 0) is 6.07 Å². The van der Waals surface area contributed by atoms with Crippen LogP contribution in [0.4, 0.5) is 13.2 Å². The molecular weight excluding hydrogens is 264 g/mol. The predicted molar refractivity (Wildman–Crippen MR) is 54.6 cm³/mol. The van der Waals surface area contributed by atoms with E-state index in [1.807, 2.05) is 0 Å². The third kappa shape index (κ3) is 1.92. The summed E-state index contributed by atoms with van der Waals surface area (Å²) in [6.45, 7) is 0. The lowest BCUT2D eigenvalue weighted by molar-refractivity contribution is -0.136. The maximum Gasteiger partial charge on any atom is 0.417 e. The monoisotopic (exact) mass is 266 g/mol. The Labute approximate surface area is 98.0 Å². The van der Waals surface area contributed by atoms with E-state index in [0.717, 1.165) is 12.3 Å². The van der Waals surface area contributed by atoms with Gasteiger partial charge in [-0.25, -0.2) is 4.98 Å². The summed E-state index contributed by atoms with van der Waals surface area (Å²) >= 11 is 11.2. The molecule has 0 aliphatic heterocycles. The van der Waals surface area contributed by atoms with Gasteiger partial charge in [0.2, 0.25) is 0 Å². The van der Waals surface area contributed by atoms with Crippen LogP contribution in [0.25, 0.3) is 10.9 Å². The van der Waals surface area contributed by atoms with Crippen LogP contribution < -0.4 is 0 Å². The van der Waals surface area contributed by atoms with Crippen LogP contribution in [0, 0.1) is 0 Å². The zero-order valence-electron chi connectivity index (χ0n) is 7.52. The van der Waals surface area contributed by atoms with Crippen LogP contribution in [0.2, 0.25) is 10.3 Å². The summed E-state index contributed by atoms with van der Waals surface area (Å²) in [4.78, 5) is 7.33. The summed E-state index contributed by atoms with van der Waals surface area (Å²) in [6, 6.07) is 2.09. The van der Waals surface area contributed by atoms with E-state index in [0.29, 0.717) is 0 Å². The van der Waals surface area contributed by atoms with Gasteiger partial charge >= 0.3 is 6.18 Å². The Morgan fingerprint density at radius 3 is 2.50 bits per heavy atom. The average molecular weight is 267 g/mol. The van der Waals surface area contributed by atoms with E-state index in [2.05, 4.69) is 9.97 Å². The second kappa shape index (κ2) is 3.75. The van der Waals surface area contributed by atoms with E-state index in [4.69, 9.17) is 23.2 Å². The van der Waals surface area contributed by atoms with Crippen LogP contribution >= 0.6 is 23.2 Å². The van der Waals surface area contributed by atoms with Crippen LogP contribution in [0.15, 0.2) is 18.3 Å². The summed E-state index contributed by atoms with van der Waals surface area (Å²) in [5.41, 5.74) is -0.800. The van der Waals surface area contributed by atoms with Gasteiger partial charge in [-0.3, -0.25) is 4.98 Å². The first-order valence-electron chi connectivity index (χ1n) is 4.07. The van der Waals surface area contributed by atoms with Crippen LogP contribution in [0.1, 0.15) is 5.56 Å². The first-order chi connectivity index (χ1) is 7.39. The standard InChI is InChI=1S/C9H3Cl2F3N2/c10-6-3-5-7(8(11)16-6)4(1-2-15-5)9(12,13)14/h1-3H. The maximum atomic E-state index is 12.7. The number of aromatic nitrogens is 2. The molecule has 2 aromatic heterocycles. The molecule has 0 fully saturated rings. The molecule has 0 aliphatic carbocycles. The van der Waals surface area contributed by atoms with Crippen LogP contribution in [0.5, 0.6) is 0 Å². The number of rotatable bonds is 0. The maximum absolute atomic E-state index is 12.7. The zero-order chi connectivity index (χ0) is 11.9. The molecule has 16 heavy (non-hydrogen) atoms. The molecule has 0 radical (unpaired) electrons. The van der Waals surface area contributed by atoms with Gasteiger partial charge in [0.15, 0.2) is 0 Å². The van der Waals surface area contributed by atoms with Gasteiger partial charge in [0, 0.05) is 17.6 Å². The second-order valence-electron chi connectivity index (χ2n) is 2.99. The lowest BCUT2D eigenvalue weighted by Gasteiger charge is -2.10. The summed E-state index contributed by atoms with van der Waals surface area (Å²) in [7, 11) is 0. The third-order valence-electron chi connectivity index (χ3n) is 1.95. The quantitative estimate of drug-likeness (QED) is 0.675. The molecule has 0 spiro atoms. The topological polar surface area (TPSA) is 25.8 Å². The van der Waals surface area contributed by atoms with Crippen molar-refractivity contribution < 1.29 is 13.2 Å². The van der Waals surface area contributed by atoms with E-state index in [9.17, 15) is 13.2 Å². The Morgan fingerprint density at radius 1 is 1.19 bits per heavy atom. The molecule has 2 heterocycles. The SMILES string of the molecule is FC(F)(F)c1ccnc2cc(Cl)nc(Cl)c12. The van der Waals surface area contributed by atoms with E-state index < -0.39 is 11.7 Å². The number of hydrogen-bond donors (Lipinski definition) is 0. The summed E-state index contributed by atoms with van der Waals surface area (Å²) in [5.74, 6) is 0. The van der Waals surface area contributed by atoms with Gasteiger partial charge in [-0.15, -0.1) is 0 Å². The van der Waals surface area contributed by atoms with E-state index in [-0.39, 0.29) is 21.2 Å². The first kappa shape index (κ1) is 11.4. The fourth-order valence-electron chi connectivity index (χ4n) is 1.34. The van der Waals surface area contributed by atoms with Gasteiger partial charge in [0.05, 0.1) is 11.1 Å². The second-order valence-corrected chi connectivity index (χ2v) is 3.73. The number of pyridine rings is 2. The van der Waals surface area contributed by atoms with Crippen molar-refractivity contribution in [3.63, 3.8) is 0 Å². The van der Waals surface area contributed by atoms with E-state index >= 15 is 0 Å². The summed E-state index contributed by atoms with van der Waals surface area (Å²) in [5, 5.41) is -0.534. The van der Waals surface area contributed by atoms with Crippen LogP contribution in [-0.2, 0) is 6.18 Å². The van der Waals surface area contributed by atoms with Gasteiger partial charge in [-0.1, -0.05) is 23.2 Å². The van der Waals surface area contributed by atoms with Gasteiger partial charge in [-0.2, -0.15) is 13.2 Å². The van der Waals surface area contributed by atoms with Crippen LogP contribution in [-0.4, -0.2) is 9.97 Å². The number of fused-ring (bicyclic) bond motifs is 1. The highest BCUT2D eigenvalue weighted by molar-refractivity contribution is 6.36. The number of hydrogen-bond acceptors (Lipinski definition) is 2. The lowest BCUT2D eigenvalue weighted by atomic mass is 10.1. The molecule has 0 atom stereocenters. The molecule has 0 bridgehead atoms. The fraction of sp³-hybridized carbons (Fsp3) is 0.111. The Balaban J connectivity index is 2.87. The number of halogens is 5. The number of alkyl halides is 3. The molecule has 0 aromatic carbocycles. The van der Waals surface area contributed by atoms with Gasteiger partial charge in [0.1, 0.15) is 10.3 Å². The highest BCUT2D eigenvalue weighted by Crippen LogP contribution is 2.37. The Kier molecular flexibility index (Phi) is 2.67. The van der Waals surface area contributed by atoms with Gasteiger partial charge < -0.3 is 0 Å². The minimum atomic E-state index is -4.50. The van der Waals surface area contributed by atoms with E-state index in [1.165, 1.54) is 6.07 Å². The molecule has 84 valence electrons. The number of nitrogens with zero attached hydrogens (tertiary/aromatic N) is 2. The van der Waals surface area contributed by atoms with Crippen molar-refractivity contribution in [3.05, 3.63) is 34.2 Å². The average Bonchev–Trinajstić information content (AvgIpc) is 2.14. The first-order valence-corrected chi connectivity index (χ1v) is 4.83.